The summed E-state index contributed by atoms with van der Waals surface area (Å²) in [7, 11) is -3.19. The lowest BCUT2D eigenvalue weighted by Gasteiger charge is -2.30. The molecule has 1 aromatic heterocycles. The highest BCUT2D eigenvalue weighted by Gasteiger charge is 2.30. The quantitative estimate of drug-likeness (QED) is 0.822. The van der Waals surface area contributed by atoms with Gasteiger partial charge < -0.3 is 10.1 Å². The van der Waals surface area contributed by atoms with Crippen molar-refractivity contribution >= 4 is 16.0 Å². The Balaban J connectivity index is 1.98. The Labute approximate surface area is 137 Å². The van der Waals surface area contributed by atoms with Crippen LogP contribution in [0.3, 0.4) is 0 Å². The van der Waals surface area contributed by atoms with Gasteiger partial charge in [-0.1, -0.05) is 13.8 Å². The highest BCUT2D eigenvalue weighted by atomic mass is 32.2. The monoisotopic (exact) mass is 343 g/mol. The zero-order valence-corrected chi connectivity index (χ0v) is 14.7. The Kier molecular flexibility index (Phi) is 5.46. The van der Waals surface area contributed by atoms with E-state index in [1.807, 2.05) is 13.8 Å². The van der Waals surface area contributed by atoms with Gasteiger partial charge in [-0.15, -0.1) is 0 Å². The molecule has 0 saturated carbocycles. The number of H-pyrrole nitrogens is 1. The third-order valence-corrected chi connectivity index (χ3v) is 6.20. The minimum absolute atomic E-state index is 0.0481. The number of imidazole rings is 1. The zero-order chi connectivity index (χ0) is 17.2. The summed E-state index contributed by atoms with van der Waals surface area (Å²) < 4.78 is 26.2. The average Bonchev–Trinajstić information content (AvgIpc) is 2.88. The lowest BCUT2D eigenvalue weighted by atomic mass is 9.97. The zero-order valence-electron chi connectivity index (χ0n) is 13.9. The highest BCUT2D eigenvalue weighted by Crippen LogP contribution is 2.28. The molecule has 1 saturated heterocycles. The molecule has 1 fully saturated rings. The van der Waals surface area contributed by atoms with Crippen LogP contribution < -0.4 is 0 Å². The highest BCUT2D eigenvalue weighted by molar-refractivity contribution is 7.89. The van der Waals surface area contributed by atoms with E-state index in [1.165, 1.54) is 0 Å². The summed E-state index contributed by atoms with van der Waals surface area (Å²) >= 11 is 0. The van der Waals surface area contributed by atoms with Gasteiger partial charge in [0.05, 0.1) is 5.75 Å². The number of carbonyl (C=O) groups is 1. The summed E-state index contributed by atoms with van der Waals surface area (Å²) in [6.45, 7) is 6.65. The third kappa shape index (κ3) is 4.32. The summed E-state index contributed by atoms with van der Waals surface area (Å²) in [5, 5.41) is 9.06. The number of aromatic nitrogens is 2. The number of hydrogen-bond donors (Lipinski definition) is 2. The summed E-state index contributed by atoms with van der Waals surface area (Å²) in [5.74, 6) is 0.247. The van der Waals surface area contributed by atoms with Crippen LogP contribution in [0.1, 0.15) is 61.0 Å². The fourth-order valence-corrected chi connectivity index (χ4v) is 4.60. The van der Waals surface area contributed by atoms with E-state index in [0.29, 0.717) is 49.8 Å². The van der Waals surface area contributed by atoms with Crippen molar-refractivity contribution in [3.05, 3.63) is 17.2 Å². The van der Waals surface area contributed by atoms with Crippen molar-refractivity contribution < 1.29 is 18.3 Å². The average molecular weight is 343 g/mol. The van der Waals surface area contributed by atoms with E-state index < -0.39 is 16.0 Å². The van der Waals surface area contributed by atoms with Gasteiger partial charge in [-0.05, 0) is 32.1 Å². The molecule has 2 rings (SSSR count). The number of aryl methyl sites for hydroxylation is 1. The van der Waals surface area contributed by atoms with Crippen LogP contribution in [0.25, 0.3) is 0 Å². The van der Waals surface area contributed by atoms with Crippen molar-refractivity contribution in [2.75, 3.05) is 18.8 Å². The number of rotatable bonds is 6. The van der Waals surface area contributed by atoms with Crippen molar-refractivity contribution in [3.63, 3.8) is 0 Å². The number of aromatic amines is 1. The molecule has 7 nitrogen and oxygen atoms in total. The number of sulfonamides is 1. The number of aromatic carboxylic acids is 1. The minimum Gasteiger partial charge on any atom is -0.476 e. The van der Waals surface area contributed by atoms with Crippen LogP contribution in [0.4, 0.5) is 0 Å². The summed E-state index contributed by atoms with van der Waals surface area (Å²) in [4.78, 5) is 18.2. The van der Waals surface area contributed by atoms with Gasteiger partial charge in [0.25, 0.3) is 0 Å². The van der Waals surface area contributed by atoms with Crippen LogP contribution in [0.2, 0.25) is 0 Å². The van der Waals surface area contributed by atoms with E-state index in [4.69, 9.17) is 5.11 Å². The molecule has 0 spiro atoms. The first-order valence-electron chi connectivity index (χ1n) is 7.98. The summed E-state index contributed by atoms with van der Waals surface area (Å²) in [5.41, 5.74) is 0.589. The molecule has 0 aromatic carbocycles. The number of carboxylic acid groups (broad SMARTS) is 1. The number of hydrogen-bond acceptors (Lipinski definition) is 4. The molecule has 2 heterocycles. The smallest absolute Gasteiger partial charge is 0.356 e. The fourth-order valence-electron chi connectivity index (χ4n) is 2.81. The molecule has 1 aromatic rings. The predicted molar refractivity (Wildman–Crippen MR) is 87.1 cm³/mol. The Hall–Kier alpha value is -1.41. The van der Waals surface area contributed by atoms with Gasteiger partial charge in [-0.25, -0.2) is 22.5 Å². The summed E-state index contributed by atoms with van der Waals surface area (Å²) in [6.07, 6.45) is 1.99. The van der Waals surface area contributed by atoms with Crippen molar-refractivity contribution in [1.82, 2.24) is 14.3 Å². The predicted octanol–water partition coefficient (Wildman–Crippen LogP) is 1.97. The molecular formula is C15H25N3O4S. The van der Waals surface area contributed by atoms with E-state index in [1.54, 1.807) is 11.2 Å². The number of piperidine rings is 1. The van der Waals surface area contributed by atoms with Crippen LogP contribution in [0.5, 0.6) is 0 Å². The molecule has 1 aliphatic heterocycles. The maximum absolute atomic E-state index is 12.3. The van der Waals surface area contributed by atoms with Gasteiger partial charge in [0.1, 0.15) is 5.82 Å². The van der Waals surface area contributed by atoms with Crippen LogP contribution in [-0.4, -0.2) is 52.6 Å². The lowest BCUT2D eigenvalue weighted by molar-refractivity contribution is 0.0690. The second-order valence-electron chi connectivity index (χ2n) is 6.57. The van der Waals surface area contributed by atoms with Gasteiger partial charge in [-0.2, -0.15) is 0 Å². The van der Waals surface area contributed by atoms with Gasteiger partial charge in [0.15, 0.2) is 5.69 Å². The molecule has 2 N–H and O–H groups in total. The maximum Gasteiger partial charge on any atom is 0.356 e. The van der Waals surface area contributed by atoms with Gasteiger partial charge in [0, 0.05) is 24.7 Å². The van der Waals surface area contributed by atoms with Gasteiger partial charge >= 0.3 is 5.97 Å². The van der Waals surface area contributed by atoms with Crippen LogP contribution in [0.15, 0.2) is 0 Å². The van der Waals surface area contributed by atoms with Gasteiger partial charge in [0.2, 0.25) is 10.0 Å². The molecule has 0 bridgehead atoms. The van der Waals surface area contributed by atoms with Crippen molar-refractivity contribution in [2.45, 2.75) is 46.0 Å². The second-order valence-corrected chi connectivity index (χ2v) is 8.66. The van der Waals surface area contributed by atoms with Gasteiger partial charge in [-0.3, -0.25) is 0 Å². The first-order valence-corrected chi connectivity index (χ1v) is 9.59. The lowest BCUT2D eigenvalue weighted by Crippen LogP contribution is -2.39. The molecule has 23 heavy (non-hydrogen) atoms. The van der Waals surface area contributed by atoms with Crippen LogP contribution in [-0.2, 0) is 10.0 Å². The summed E-state index contributed by atoms with van der Waals surface area (Å²) in [6, 6.07) is 0. The van der Waals surface area contributed by atoms with Crippen molar-refractivity contribution in [2.24, 2.45) is 5.92 Å². The molecule has 0 atom stereocenters. The first-order chi connectivity index (χ1) is 10.7. The second kappa shape index (κ2) is 7.00. The molecule has 8 heteroatoms. The molecule has 0 unspecified atom stereocenters. The fraction of sp³-hybridized carbons (Fsp3) is 0.733. The first kappa shape index (κ1) is 17.9. The number of nitrogens with zero attached hydrogens (tertiary/aromatic N) is 2. The minimum atomic E-state index is -3.19. The SMILES string of the molecule is Cc1[nH]c(C2CCN(S(=O)(=O)CCC(C)C)CC2)nc1C(=O)O. The van der Waals surface area contributed by atoms with Crippen LogP contribution in [0, 0.1) is 12.8 Å². The molecular weight excluding hydrogens is 318 g/mol. The maximum atomic E-state index is 12.3. The topological polar surface area (TPSA) is 103 Å². The Morgan fingerprint density at radius 1 is 1.39 bits per heavy atom. The molecule has 130 valence electrons. The van der Waals surface area contributed by atoms with Crippen molar-refractivity contribution in [1.29, 1.82) is 0 Å². The largest absolute Gasteiger partial charge is 0.476 e. The Bertz CT molecular complexity index is 658. The van der Waals surface area contributed by atoms with Crippen molar-refractivity contribution in [3.8, 4) is 0 Å². The van der Waals surface area contributed by atoms with E-state index in [0.717, 1.165) is 0 Å². The van der Waals surface area contributed by atoms with E-state index in [2.05, 4.69) is 9.97 Å². The molecule has 0 aliphatic carbocycles. The van der Waals surface area contributed by atoms with Crippen LogP contribution >= 0.6 is 0 Å². The third-order valence-electron chi connectivity index (χ3n) is 4.29. The van der Waals surface area contributed by atoms with E-state index >= 15 is 0 Å². The molecule has 0 amide bonds. The normalized spacial score (nSPS) is 17.7. The number of nitrogens with one attached hydrogen (secondary N) is 1. The Morgan fingerprint density at radius 3 is 2.48 bits per heavy atom. The Morgan fingerprint density at radius 2 is 2.00 bits per heavy atom. The standard InChI is InChI=1S/C15H25N3O4S/c1-10(2)6-9-23(21,22)18-7-4-12(5-8-18)14-16-11(3)13(17-14)15(19)20/h10,12H,4-9H2,1-3H3,(H,16,17)(H,19,20). The molecule has 1 aliphatic rings. The molecule has 0 radical (unpaired) electrons. The number of carboxylic acids is 1. The van der Waals surface area contributed by atoms with E-state index in [-0.39, 0.29) is 17.4 Å². The van der Waals surface area contributed by atoms with E-state index in [9.17, 15) is 13.2 Å².